The van der Waals surface area contributed by atoms with E-state index in [2.05, 4.69) is 0 Å². The molecule has 23 heavy (non-hydrogen) atoms. The summed E-state index contributed by atoms with van der Waals surface area (Å²) >= 11 is 0. The van der Waals surface area contributed by atoms with E-state index in [-0.39, 0.29) is 19.1 Å². The number of rotatable bonds is 8. The number of hydrogen-bond acceptors (Lipinski definition) is 5. The molecule has 0 radical (unpaired) electrons. The quantitative estimate of drug-likeness (QED) is 0.253. The minimum absolute atomic E-state index is 0.0484. The summed E-state index contributed by atoms with van der Waals surface area (Å²) in [6.07, 6.45) is 3.71. The van der Waals surface area contributed by atoms with Crippen LogP contribution in [-0.2, 0) is 4.79 Å². The fourth-order valence-electron chi connectivity index (χ4n) is 1.94. The van der Waals surface area contributed by atoms with E-state index in [1.54, 1.807) is 30.3 Å². The van der Waals surface area contributed by atoms with Crippen molar-refractivity contribution in [3.8, 4) is 5.75 Å². The highest BCUT2D eigenvalue weighted by Crippen LogP contribution is 2.28. The third-order valence-electron chi connectivity index (χ3n) is 3.49. The predicted molar refractivity (Wildman–Crippen MR) is 86.0 cm³/mol. The van der Waals surface area contributed by atoms with Crippen molar-refractivity contribution in [2.45, 2.75) is 20.0 Å². The Bertz CT molecular complexity index is 551. The number of carbonyl (C=O) groups is 1. The smallest absolute Gasteiger partial charge is 0.267 e. The SMILES string of the molecule is C/C(=C\C=C\C(=O)NO)[C@@H](C)[C@H](O)c1ccc(OCCO)cc1. The fraction of sp³-hybridized carbons (Fsp3) is 0.353. The minimum atomic E-state index is -0.696. The van der Waals surface area contributed by atoms with Crippen molar-refractivity contribution >= 4 is 5.91 Å². The maximum absolute atomic E-state index is 10.9. The molecular formula is C17H23NO5. The van der Waals surface area contributed by atoms with E-state index in [1.807, 2.05) is 13.8 Å². The van der Waals surface area contributed by atoms with Crippen LogP contribution in [-0.4, -0.2) is 34.5 Å². The van der Waals surface area contributed by atoms with Crippen LogP contribution < -0.4 is 10.2 Å². The molecule has 1 aromatic carbocycles. The lowest BCUT2D eigenvalue weighted by molar-refractivity contribution is -0.124. The van der Waals surface area contributed by atoms with Crippen LogP contribution in [0.1, 0.15) is 25.5 Å². The summed E-state index contributed by atoms with van der Waals surface area (Å²) in [5, 5.41) is 27.5. The van der Waals surface area contributed by atoms with Crippen molar-refractivity contribution < 1.29 is 25.0 Å². The highest BCUT2D eigenvalue weighted by molar-refractivity contribution is 5.86. The maximum atomic E-state index is 10.9. The summed E-state index contributed by atoms with van der Waals surface area (Å²) in [7, 11) is 0. The average molecular weight is 321 g/mol. The number of hydrogen-bond donors (Lipinski definition) is 4. The zero-order valence-corrected chi connectivity index (χ0v) is 13.3. The molecule has 0 aromatic heterocycles. The standard InChI is InChI=1S/C17H23NO5/c1-12(4-3-5-16(20)18-22)13(2)17(21)14-6-8-15(9-7-14)23-11-10-19/h3-9,13,17,19,21-22H,10-11H2,1-2H3,(H,18,20)/b5-3+,12-4+/t13-,17+/m1/s1. The zero-order valence-electron chi connectivity index (χ0n) is 13.3. The molecule has 6 nitrogen and oxygen atoms in total. The van der Waals surface area contributed by atoms with Gasteiger partial charge in [0.1, 0.15) is 12.4 Å². The van der Waals surface area contributed by atoms with Gasteiger partial charge in [-0.05, 0) is 24.6 Å². The number of aliphatic hydroxyl groups is 2. The van der Waals surface area contributed by atoms with Crippen LogP contribution in [0, 0.1) is 5.92 Å². The molecule has 0 unspecified atom stereocenters. The molecule has 0 spiro atoms. The second-order valence-electron chi connectivity index (χ2n) is 5.12. The molecule has 2 atom stereocenters. The monoisotopic (exact) mass is 321 g/mol. The number of nitrogens with one attached hydrogen (secondary N) is 1. The Kier molecular flexibility index (Phi) is 8.04. The lowest BCUT2D eigenvalue weighted by Gasteiger charge is -2.20. The van der Waals surface area contributed by atoms with Gasteiger partial charge in [-0.2, -0.15) is 0 Å². The Hall–Kier alpha value is -2.15. The van der Waals surface area contributed by atoms with E-state index in [4.69, 9.17) is 15.1 Å². The summed E-state index contributed by atoms with van der Waals surface area (Å²) in [6.45, 7) is 3.92. The van der Waals surface area contributed by atoms with Gasteiger partial charge in [-0.15, -0.1) is 0 Å². The molecule has 0 aliphatic carbocycles. The molecule has 0 saturated carbocycles. The van der Waals surface area contributed by atoms with Crippen molar-refractivity contribution in [2.75, 3.05) is 13.2 Å². The van der Waals surface area contributed by atoms with Gasteiger partial charge >= 0.3 is 0 Å². The lowest BCUT2D eigenvalue weighted by atomic mass is 9.91. The zero-order chi connectivity index (χ0) is 17.2. The minimum Gasteiger partial charge on any atom is -0.491 e. The average Bonchev–Trinajstić information content (AvgIpc) is 2.58. The summed E-state index contributed by atoms with van der Waals surface area (Å²) in [5.74, 6) is -0.130. The summed E-state index contributed by atoms with van der Waals surface area (Å²) in [5.41, 5.74) is 3.14. The molecule has 0 aliphatic heterocycles. The molecule has 1 amide bonds. The fourth-order valence-corrected chi connectivity index (χ4v) is 1.94. The van der Waals surface area contributed by atoms with E-state index >= 15 is 0 Å². The molecule has 6 heteroatoms. The first kappa shape index (κ1) is 18.9. The Morgan fingerprint density at radius 1 is 1.35 bits per heavy atom. The van der Waals surface area contributed by atoms with Crippen LogP contribution in [0.15, 0.2) is 48.1 Å². The van der Waals surface area contributed by atoms with Crippen molar-refractivity contribution in [3.05, 3.63) is 53.6 Å². The highest BCUT2D eigenvalue weighted by Gasteiger charge is 2.17. The van der Waals surface area contributed by atoms with Crippen molar-refractivity contribution in [2.24, 2.45) is 5.92 Å². The molecule has 0 aliphatic rings. The van der Waals surface area contributed by atoms with Crippen molar-refractivity contribution in [1.82, 2.24) is 5.48 Å². The van der Waals surface area contributed by atoms with Crippen LogP contribution in [0.3, 0.4) is 0 Å². The van der Waals surface area contributed by atoms with Crippen LogP contribution in [0.2, 0.25) is 0 Å². The Balaban J connectivity index is 2.71. The third-order valence-corrected chi connectivity index (χ3v) is 3.49. The van der Waals surface area contributed by atoms with Gasteiger partial charge in [-0.25, -0.2) is 5.48 Å². The molecule has 4 N–H and O–H groups in total. The first-order valence-electron chi connectivity index (χ1n) is 7.30. The number of ether oxygens (including phenoxy) is 1. The first-order valence-corrected chi connectivity index (χ1v) is 7.30. The van der Waals surface area contributed by atoms with E-state index in [9.17, 15) is 9.90 Å². The van der Waals surface area contributed by atoms with Gasteiger partial charge in [0.15, 0.2) is 0 Å². The Morgan fingerprint density at radius 3 is 2.57 bits per heavy atom. The molecular weight excluding hydrogens is 298 g/mol. The van der Waals surface area contributed by atoms with Gasteiger partial charge < -0.3 is 14.9 Å². The summed E-state index contributed by atoms with van der Waals surface area (Å²) in [4.78, 5) is 10.9. The van der Waals surface area contributed by atoms with Crippen molar-refractivity contribution in [1.29, 1.82) is 0 Å². The van der Waals surface area contributed by atoms with E-state index in [1.165, 1.54) is 17.6 Å². The van der Waals surface area contributed by atoms with Gasteiger partial charge in [0.05, 0.1) is 12.7 Å². The molecule has 0 heterocycles. The van der Waals surface area contributed by atoms with Gasteiger partial charge in [0, 0.05) is 12.0 Å². The van der Waals surface area contributed by atoms with Crippen LogP contribution in [0.4, 0.5) is 0 Å². The largest absolute Gasteiger partial charge is 0.491 e. The highest BCUT2D eigenvalue weighted by atomic mass is 16.5. The number of allylic oxidation sites excluding steroid dienone is 2. The summed E-state index contributed by atoms with van der Waals surface area (Å²) in [6, 6.07) is 7.03. The van der Waals surface area contributed by atoms with Gasteiger partial charge in [0.25, 0.3) is 5.91 Å². The molecule has 0 bridgehead atoms. The molecule has 0 saturated heterocycles. The maximum Gasteiger partial charge on any atom is 0.267 e. The normalized spacial score (nSPS) is 14.6. The number of carbonyl (C=O) groups excluding carboxylic acids is 1. The number of hydroxylamine groups is 1. The predicted octanol–water partition coefficient (Wildman–Crippen LogP) is 1.74. The number of benzene rings is 1. The van der Waals surface area contributed by atoms with Crippen molar-refractivity contribution in [3.63, 3.8) is 0 Å². The van der Waals surface area contributed by atoms with Crippen LogP contribution in [0.5, 0.6) is 5.75 Å². The lowest BCUT2D eigenvalue weighted by Crippen LogP contribution is -2.14. The van der Waals surface area contributed by atoms with Gasteiger partial charge in [-0.1, -0.05) is 36.8 Å². The number of aliphatic hydroxyl groups excluding tert-OH is 2. The molecule has 0 fully saturated rings. The van der Waals surface area contributed by atoms with E-state index < -0.39 is 12.0 Å². The van der Waals surface area contributed by atoms with E-state index in [0.29, 0.717) is 5.75 Å². The second kappa shape index (κ2) is 9.78. The second-order valence-corrected chi connectivity index (χ2v) is 5.12. The van der Waals surface area contributed by atoms with Gasteiger partial charge in [-0.3, -0.25) is 10.0 Å². The van der Waals surface area contributed by atoms with Crippen LogP contribution >= 0.6 is 0 Å². The topological polar surface area (TPSA) is 99.0 Å². The molecule has 1 aromatic rings. The Labute approximate surface area is 135 Å². The molecule has 126 valence electrons. The molecule has 1 rings (SSSR count). The summed E-state index contributed by atoms with van der Waals surface area (Å²) < 4.78 is 5.27. The van der Waals surface area contributed by atoms with Gasteiger partial charge in [0.2, 0.25) is 0 Å². The van der Waals surface area contributed by atoms with E-state index in [0.717, 1.165) is 11.1 Å². The van der Waals surface area contributed by atoms with Crippen LogP contribution in [0.25, 0.3) is 0 Å². The Morgan fingerprint density at radius 2 is 2.00 bits per heavy atom. The third kappa shape index (κ3) is 6.23. The first-order chi connectivity index (χ1) is 11.0. The number of amides is 1.